The van der Waals surface area contributed by atoms with Gasteiger partial charge in [-0.25, -0.2) is 0 Å². The fourth-order valence-electron chi connectivity index (χ4n) is 5.22. The van der Waals surface area contributed by atoms with Crippen LogP contribution in [-0.4, -0.2) is 53.6 Å². The molecule has 2 saturated heterocycles. The maximum Gasteiger partial charge on any atom is 0.416 e. The standard InChI is InChI=1S/C26H39F3N4S.C2H6.2ClH/c1-5-8-21(6-2)19(3)30-31-20(4)34-16-7-14-32-17-22-13-15-33(25(22)18-32)24-11-9-23(10-12-24)26(27,28)29;1-2;;/h9-12,21-22,25H,5-8,13-18H2,1-4H3;1-2H3;2*1H/b30-19+,31-20+;;;/t21?,22-,25+;;;/m0.../s1. The van der Waals surface area contributed by atoms with Gasteiger partial charge in [0.2, 0.25) is 0 Å². The highest BCUT2D eigenvalue weighted by Gasteiger charge is 2.41. The lowest BCUT2D eigenvalue weighted by atomic mass is 9.96. The Morgan fingerprint density at radius 3 is 2.29 bits per heavy atom. The zero-order valence-electron chi connectivity index (χ0n) is 23.8. The number of rotatable bonds is 10. The maximum absolute atomic E-state index is 12.9. The van der Waals surface area contributed by atoms with Crippen molar-refractivity contribution in [1.82, 2.24) is 4.90 Å². The highest BCUT2D eigenvalue weighted by Crippen LogP contribution is 2.37. The second kappa shape index (κ2) is 18.4. The Labute approximate surface area is 245 Å². The number of halogens is 5. The summed E-state index contributed by atoms with van der Waals surface area (Å²) in [4.78, 5) is 4.82. The molecular formula is C28H47Cl2F3N4S. The Morgan fingerprint density at radius 2 is 1.71 bits per heavy atom. The quantitative estimate of drug-likeness (QED) is 0.117. The normalized spacial score (nSPS) is 20.7. The molecule has 0 saturated carbocycles. The molecule has 1 unspecified atom stereocenters. The van der Waals surface area contributed by atoms with E-state index in [-0.39, 0.29) is 24.8 Å². The maximum atomic E-state index is 12.9. The van der Waals surface area contributed by atoms with Crippen molar-refractivity contribution in [1.29, 1.82) is 0 Å². The number of nitrogens with zero attached hydrogens (tertiary/aromatic N) is 4. The Morgan fingerprint density at radius 1 is 1.05 bits per heavy atom. The van der Waals surface area contributed by atoms with Crippen LogP contribution in [0.3, 0.4) is 0 Å². The molecule has 0 bridgehead atoms. The highest BCUT2D eigenvalue weighted by atomic mass is 35.5. The van der Waals surface area contributed by atoms with E-state index in [0.717, 1.165) is 67.6 Å². The SMILES string of the molecule is CC.CCCC(CC)/C(C)=N/N=C(\C)SCCCN1C[C@@H]2CCN(c3ccc(C(F)(F)F)cc3)[C@@H]2C1.Cl.Cl. The molecule has 3 atom stereocenters. The van der Waals surface area contributed by atoms with Crippen molar-refractivity contribution in [2.45, 2.75) is 85.9 Å². The van der Waals surface area contributed by atoms with E-state index in [1.165, 1.54) is 25.0 Å². The first-order valence-electron chi connectivity index (χ1n) is 13.6. The lowest BCUT2D eigenvalue weighted by Gasteiger charge is -2.27. The predicted molar refractivity (Wildman–Crippen MR) is 165 cm³/mol. The molecule has 0 spiro atoms. The van der Waals surface area contributed by atoms with Gasteiger partial charge < -0.3 is 9.80 Å². The smallest absolute Gasteiger partial charge is 0.367 e. The van der Waals surface area contributed by atoms with E-state index in [1.54, 1.807) is 23.9 Å². The minimum Gasteiger partial charge on any atom is -0.367 e. The summed E-state index contributed by atoms with van der Waals surface area (Å²) in [6.07, 6.45) is 1.36. The van der Waals surface area contributed by atoms with Gasteiger partial charge in [0, 0.05) is 42.8 Å². The Bertz CT molecular complexity index is 849. The number of hydrogen-bond donors (Lipinski definition) is 0. The molecule has 4 nitrogen and oxygen atoms in total. The van der Waals surface area contributed by atoms with Crippen molar-refractivity contribution in [3.05, 3.63) is 29.8 Å². The minimum atomic E-state index is -4.28. The van der Waals surface area contributed by atoms with E-state index < -0.39 is 11.7 Å². The third-order valence-corrected chi connectivity index (χ3v) is 8.14. The van der Waals surface area contributed by atoms with Gasteiger partial charge in [0.25, 0.3) is 0 Å². The van der Waals surface area contributed by atoms with E-state index in [0.29, 0.717) is 17.9 Å². The predicted octanol–water partition coefficient (Wildman–Crippen LogP) is 8.83. The molecule has 38 heavy (non-hydrogen) atoms. The fraction of sp³-hybridized carbons (Fsp3) is 0.714. The van der Waals surface area contributed by atoms with Crippen LogP contribution in [0.15, 0.2) is 34.5 Å². The van der Waals surface area contributed by atoms with Crippen molar-refractivity contribution in [3.8, 4) is 0 Å². The summed E-state index contributed by atoms with van der Waals surface area (Å²) in [5, 5.41) is 9.91. The molecule has 0 aromatic heterocycles. The summed E-state index contributed by atoms with van der Waals surface area (Å²) in [5.41, 5.74) is 1.46. The van der Waals surface area contributed by atoms with E-state index in [2.05, 4.69) is 40.8 Å². The van der Waals surface area contributed by atoms with Crippen molar-refractivity contribution < 1.29 is 13.2 Å². The van der Waals surface area contributed by atoms with Crippen LogP contribution in [0.4, 0.5) is 18.9 Å². The van der Waals surface area contributed by atoms with Crippen LogP contribution in [0.25, 0.3) is 0 Å². The number of anilines is 1. The first-order valence-corrected chi connectivity index (χ1v) is 14.6. The molecule has 220 valence electrons. The average Bonchev–Trinajstić information content (AvgIpc) is 3.45. The van der Waals surface area contributed by atoms with Gasteiger partial charge >= 0.3 is 6.18 Å². The van der Waals surface area contributed by atoms with Gasteiger partial charge in [0.15, 0.2) is 0 Å². The molecule has 0 radical (unpaired) electrons. The van der Waals surface area contributed by atoms with Crippen molar-refractivity contribution in [3.63, 3.8) is 0 Å². The van der Waals surface area contributed by atoms with E-state index >= 15 is 0 Å². The average molecular weight is 600 g/mol. The molecule has 2 fully saturated rings. The molecule has 1 aromatic carbocycles. The second-order valence-corrected chi connectivity index (χ2v) is 10.9. The first-order chi connectivity index (χ1) is 17.2. The summed E-state index contributed by atoms with van der Waals surface area (Å²) in [5.74, 6) is 2.15. The van der Waals surface area contributed by atoms with Crippen LogP contribution in [0.1, 0.15) is 79.2 Å². The van der Waals surface area contributed by atoms with Gasteiger partial charge in [0.05, 0.1) is 10.6 Å². The van der Waals surface area contributed by atoms with E-state index in [1.807, 2.05) is 20.8 Å². The summed E-state index contributed by atoms with van der Waals surface area (Å²) in [7, 11) is 0. The van der Waals surface area contributed by atoms with Crippen molar-refractivity contribution >= 4 is 53.0 Å². The molecule has 0 aliphatic carbocycles. The van der Waals surface area contributed by atoms with Crippen LogP contribution in [0.2, 0.25) is 0 Å². The number of alkyl halides is 3. The van der Waals surface area contributed by atoms with Gasteiger partial charge in [-0.2, -0.15) is 18.3 Å². The zero-order valence-corrected chi connectivity index (χ0v) is 26.2. The Kier molecular flexibility index (Phi) is 17.9. The minimum absolute atomic E-state index is 0. The van der Waals surface area contributed by atoms with Gasteiger partial charge in [-0.05, 0) is 82.2 Å². The van der Waals surface area contributed by atoms with Gasteiger partial charge in [-0.3, -0.25) is 0 Å². The third kappa shape index (κ3) is 10.9. The monoisotopic (exact) mass is 598 g/mol. The lowest BCUT2D eigenvalue weighted by molar-refractivity contribution is -0.137. The molecule has 3 rings (SSSR count). The highest BCUT2D eigenvalue weighted by molar-refractivity contribution is 8.13. The second-order valence-electron chi connectivity index (χ2n) is 9.57. The van der Waals surface area contributed by atoms with Crippen LogP contribution >= 0.6 is 36.6 Å². The van der Waals surface area contributed by atoms with E-state index in [4.69, 9.17) is 0 Å². The molecule has 0 N–H and O–H groups in total. The molecule has 2 aliphatic heterocycles. The summed E-state index contributed by atoms with van der Waals surface area (Å²) >= 11 is 1.77. The number of thioether (sulfide) groups is 1. The van der Waals surface area contributed by atoms with Gasteiger partial charge in [0.1, 0.15) is 0 Å². The van der Waals surface area contributed by atoms with Crippen LogP contribution in [-0.2, 0) is 6.18 Å². The molecule has 0 amide bonds. The Hall–Kier alpha value is -0.960. The Balaban J connectivity index is 0.00000334. The number of likely N-dealkylation sites (tertiary alicyclic amines) is 1. The lowest BCUT2D eigenvalue weighted by Crippen LogP contribution is -2.35. The third-order valence-electron chi connectivity index (χ3n) is 7.15. The van der Waals surface area contributed by atoms with Crippen molar-refractivity contribution in [2.75, 3.05) is 36.8 Å². The molecule has 2 aliphatic rings. The summed E-state index contributed by atoms with van der Waals surface area (Å²) < 4.78 is 38.6. The van der Waals surface area contributed by atoms with Crippen molar-refractivity contribution in [2.24, 2.45) is 22.0 Å². The molecule has 10 heteroatoms. The summed E-state index contributed by atoms with van der Waals surface area (Å²) in [6.45, 7) is 16.6. The molecule has 1 aromatic rings. The zero-order chi connectivity index (χ0) is 26.7. The van der Waals surface area contributed by atoms with Gasteiger partial charge in [-0.15, -0.1) is 41.7 Å². The number of hydrogen-bond acceptors (Lipinski definition) is 5. The summed E-state index contributed by atoms with van der Waals surface area (Å²) in [6, 6.07) is 6.06. The number of fused-ring (bicyclic) bond motifs is 1. The molecule has 2 heterocycles. The molecular weight excluding hydrogens is 552 g/mol. The van der Waals surface area contributed by atoms with Gasteiger partial charge in [-0.1, -0.05) is 34.1 Å². The van der Waals surface area contributed by atoms with E-state index in [9.17, 15) is 13.2 Å². The van der Waals surface area contributed by atoms with Crippen LogP contribution in [0, 0.1) is 11.8 Å². The largest absolute Gasteiger partial charge is 0.416 e. The fourth-order valence-corrected chi connectivity index (χ4v) is 5.89. The van der Waals surface area contributed by atoms with Crippen LogP contribution in [0.5, 0.6) is 0 Å². The number of benzene rings is 1. The van der Waals surface area contributed by atoms with Crippen LogP contribution < -0.4 is 4.90 Å². The first kappa shape index (κ1) is 37.0. The topological polar surface area (TPSA) is 31.2 Å².